The van der Waals surface area contributed by atoms with E-state index in [1.165, 1.54) is 88.9 Å². The maximum absolute atomic E-state index is 2.50. The second kappa shape index (κ2) is 13.0. The molecule has 0 amide bonds. The predicted molar refractivity (Wildman–Crippen MR) is 246 cm³/mol. The van der Waals surface area contributed by atoms with Crippen LogP contribution in [0.2, 0.25) is 0 Å². The van der Waals surface area contributed by atoms with E-state index in [1.807, 2.05) is 0 Å². The summed E-state index contributed by atoms with van der Waals surface area (Å²) in [4.78, 5) is 4.94. The molecule has 2 aliphatic rings. The van der Waals surface area contributed by atoms with Gasteiger partial charge in [0.05, 0.1) is 11.0 Å². The number of hydrogen-bond acceptors (Lipinski definition) is 2. The Bertz CT molecular complexity index is 3170. The molecule has 0 unspecified atom stereocenters. The molecule has 0 saturated carbocycles. The largest absolute Gasteiger partial charge is 0.311 e. The van der Waals surface area contributed by atoms with E-state index in [4.69, 9.17) is 0 Å². The fraction of sp³-hybridized carbons (Fsp3) is 0. The quantitative estimate of drug-likeness (QED) is 0.163. The van der Waals surface area contributed by atoms with Gasteiger partial charge < -0.3 is 14.4 Å². The van der Waals surface area contributed by atoms with Crippen molar-refractivity contribution in [1.82, 2.24) is 4.57 Å². The first kappa shape index (κ1) is 32.7. The molecule has 0 saturated heterocycles. The third kappa shape index (κ3) is 4.88. The van der Waals surface area contributed by atoms with Crippen molar-refractivity contribution in [3.8, 4) is 27.9 Å². The van der Waals surface area contributed by atoms with Gasteiger partial charge in [-0.3, -0.25) is 0 Å². The second-order valence-corrected chi connectivity index (χ2v) is 15.3. The van der Waals surface area contributed by atoms with Crippen LogP contribution in [0, 0.1) is 0 Å². The highest BCUT2D eigenvalue weighted by Gasteiger charge is 2.43. The molecule has 0 N–H and O–H groups in total. The molecule has 0 spiro atoms. The summed E-state index contributed by atoms with van der Waals surface area (Å²) >= 11 is 0. The summed E-state index contributed by atoms with van der Waals surface area (Å²) in [6.45, 7) is 0.0706. The molecule has 58 heavy (non-hydrogen) atoms. The average molecular weight is 738 g/mol. The lowest BCUT2D eigenvalue weighted by Gasteiger charge is -2.44. The van der Waals surface area contributed by atoms with Crippen LogP contribution in [-0.2, 0) is 0 Å². The Morgan fingerprint density at radius 3 is 1.62 bits per heavy atom. The van der Waals surface area contributed by atoms with E-state index in [9.17, 15) is 0 Å². The smallest absolute Gasteiger partial charge is 0.252 e. The Morgan fingerprint density at radius 2 is 0.862 bits per heavy atom. The van der Waals surface area contributed by atoms with Crippen LogP contribution < -0.4 is 26.2 Å². The van der Waals surface area contributed by atoms with Gasteiger partial charge in [-0.15, -0.1) is 0 Å². The molecule has 3 heterocycles. The number of para-hydroxylation sites is 6. The number of anilines is 6. The highest BCUT2D eigenvalue weighted by atomic mass is 15.2. The molecule has 0 aliphatic carbocycles. The van der Waals surface area contributed by atoms with E-state index in [0.29, 0.717) is 0 Å². The van der Waals surface area contributed by atoms with Gasteiger partial charge in [0.15, 0.2) is 0 Å². The van der Waals surface area contributed by atoms with Gasteiger partial charge in [0.2, 0.25) is 0 Å². The van der Waals surface area contributed by atoms with Crippen molar-refractivity contribution in [1.29, 1.82) is 0 Å². The van der Waals surface area contributed by atoms with Gasteiger partial charge >= 0.3 is 0 Å². The van der Waals surface area contributed by atoms with E-state index in [1.54, 1.807) is 0 Å². The van der Waals surface area contributed by atoms with E-state index in [0.717, 1.165) is 11.4 Å². The molecule has 0 radical (unpaired) electrons. The van der Waals surface area contributed by atoms with Crippen LogP contribution in [0.15, 0.2) is 218 Å². The molecule has 1 aromatic heterocycles. The normalized spacial score (nSPS) is 12.7. The summed E-state index contributed by atoms with van der Waals surface area (Å²) in [6, 6.07) is 79.9. The first-order valence-corrected chi connectivity index (χ1v) is 20.1. The summed E-state index contributed by atoms with van der Waals surface area (Å²) in [5.41, 5.74) is 19.6. The molecule has 9 aromatic carbocycles. The number of rotatable bonds is 5. The van der Waals surface area contributed by atoms with Gasteiger partial charge in [-0.1, -0.05) is 146 Å². The lowest BCUT2D eigenvalue weighted by atomic mass is 9.33. The zero-order valence-electron chi connectivity index (χ0n) is 31.7. The lowest BCUT2D eigenvalue weighted by molar-refractivity contribution is 1.18. The Kier molecular flexibility index (Phi) is 7.33. The van der Waals surface area contributed by atoms with Crippen LogP contribution in [0.5, 0.6) is 0 Å². The molecule has 10 aromatic rings. The van der Waals surface area contributed by atoms with Crippen molar-refractivity contribution in [2.45, 2.75) is 0 Å². The fourth-order valence-electron chi connectivity index (χ4n) is 9.72. The number of hydrogen-bond donors (Lipinski definition) is 0. The summed E-state index contributed by atoms with van der Waals surface area (Å²) < 4.78 is 2.37. The molecule has 0 fully saturated rings. The monoisotopic (exact) mass is 737 g/mol. The number of nitrogens with zero attached hydrogens (tertiary/aromatic N) is 3. The van der Waals surface area contributed by atoms with E-state index < -0.39 is 0 Å². The summed E-state index contributed by atoms with van der Waals surface area (Å²) in [5, 5.41) is 2.52. The topological polar surface area (TPSA) is 11.4 Å². The third-order valence-electron chi connectivity index (χ3n) is 12.2. The molecular weight excluding hydrogens is 701 g/mol. The molecular formula is C54H36BN3. The van der Waals surface area contributed by atoms with Crippen LogP contribution in [0.1, 0.15) is 0 Å². The standard InChI is InChI=1S/C54H36BN3/c1-4-16-40(17-5-1)56-48-26-12-10-22-44(48)45-36-39(34-35-49(45)56)37-30-32-38(33-31-37)43-23-14-25-47-54(43)58(42-20-8-3-9-21-42)52-29-15-28-51-53(52)55(47)46-24-11-13-27-50(46)57(51)41-18-6-2-7-19-41/h1-36H. The van der Waals surface area contributed by atoms with Crippen molar-refractivity contribution in [3.63, 3.8) is 0 Å². The van der Waals surface area contributed by atoms with Gasteiger partial charge in [-0.05, 0) is 106 Å². The summed E-state index contributed by atoms with van der Waals surface area (Å²) in [7, 11) is 0. The van der Waals surface area contributed by atoms with Crippen LogP contribution in [0.25, 0.3) is 49.7 Å². The first-order chi connectivity index (χ1) is 28.8. The maximum atomic E-state index is 2.50. The molecule has 270 valence electrons. The highest BCUT2D eigenvalue weighted by Crippen LogP contribution is 2.46. The van der Waals surface area contributed by atoms with Gasteiger partial charge in [0.1, 0.15) is 0 Å². The molecule has 0 bridgehead atoms. The first-order valence-electron chi connectivity index (χ1n) is 20.1. The third-order valence-corrected chi connectivity index (χ3v) is 12.2. The Morgan fingerprint density at radius 1 is 0.328 bits per heavy atom. The maximum Gasteiger partial charge on any atom is 0.252 e. The van der Waals surface area contributed by atoms with Crippen LogP contribution in [0.4, 0.5) is 34.1 Å². The van der Waals surface area contributed by atoms with E-state index in [2.05, 4.69) is 233 Å². The van der Waals surface area contributed by atoms with Crippen molar-refractivity contribution in [3.05, 3.63) is 218 Å². The number of aromatic nitrogens is 1. The van der Waals surface area contributed by atoms with Crippen molar-refractivity contribution >= 4 is 79.0 Å². The van der Waals surface area contributed by atoms with Crippen molar-refractivity contribution in [2.75, 3.05) is 9.80 Å². The summed E-state index contributed by atoms with van der Waals surface area (Å²) in [6.07, 6.45) is 0. The van der Waals surface area contributed by atoms with Gasteiger partial charge in [-0.2, -0.15) is 0 Å². The van der Waals surface area contributed by atoms with Crippen molar-refractivity contribution < 1.29 is 0 Å². The summed E-state index contributed by atoms with van der Waals surface area (Å²) in [5.74, 6) is 0. The zero-order valence-corrected chi connectivity index (χ0v) is 31.7. The molecule has 4 heteroatoms. The average Bonchev–Trinajstić information content (AvgIpc) is 3.63. The Labute approximate surface area is 338 Å². The van der Waals surface area contributed by atoms with Crippen LogP contribution in [-0.4, -0.2) is 11.3 Å². The van der Waals surface area contributed by atoms with E-state index >= 15 is 0 Å². The highest BCUT2D eigenvalue weighted by molar-refractivity contribution is 7.00. The zero-order chi connectivity index (χ0) is 38.2. The van der Waals surface area contributed by atoms with Gasteiger partial charge in [0.25, 0.3) is 6.71 Å². The Hall–Kier alpha value is -7.56. The number of fused-ring (bicyclic) bond motifs is 7. The van der Waals surface area contributed by atoms with E-state index in [-0.39, 0.29) is 6.71 Å². The lowest BCUT2D eigenvalue weighted by Crippen LogP contribution is -2.61. The minimum atomic E-state index is 0.0706. The minimum Gasteiger partial charge on any atom is -0.311 e. The fourth-order valence-corrected chi connectivity index (χ4v) is 9.72. The Balaban J connectivity index is 1.02. The van der Waals surface area contributed by atoms with Crippen LogP contribution >= 0.6 is 0 Å². The van der Waals surface area contributed by atoms with Crippen LogP contribution in [0.3, 0.4) is 0 Å². The molecule has 3 nitrogen and oxygen atoms in total. The van der Waals surface area contributed by atoms with Crippen molar-refractivity contribution in [2.24, 2.45) is 0 Å². The number of benzene rings is 9. The van der Waals surface area contributed by atoms with Gasteiger partial charge in [0, 0.05) is 56.1 Å². The minimum absolute atomic E-state index is 0.0706. The SMILES string of the molecule is c1ccc(N2c3ccccc3B3c4cccc(-c5ccc(-c6ccc7c(c6)c6ccccc6n7-c6ccccc6)cc5)c4N(c4ccccc4)c4cccc2c43)cc1. The molecule has 12 rings (SSSR count). The van der Waals surface area contributed by atoms with Gasteiger partial charge in [-0.25, -0.2) is 0 Å². The second-order valence-electron chi connectivity index (χ2n) is 15.3. The molecule has 2 aliphatic heterocycles. The predicted octanol–water partition coefficient (Wildman–Crippen LogP) is 12.2. The molecule has 0 atom stereocenters.